The van der Waals surface area contributed by atoms with Crippen LogP contribution in [0.15, 0.2) is 15.6 Å². The Hall–Kier alpha value is -0.490. The van der Waals surface area contributed by atoms with E-state index >= 15 is 0 Å². The highest BCUT2D eigenvalue weighted by atomic mass is 32.2. The molecule has 0 aromatic heterocycles. The van der Waals surface area contributed by atoms with Gasteiger partial charge in [-0.2, -0.15) is 24.6 Å². The zero-order chi connectivity index (χ0) is 10.0. The highest BCUT2D eigenvalue weighted by Gasteiger charge is 2.18. The van der Waals surface area contributed by atoms with Crippen LogP contribution in [0.4, 0.5) is 0 Å². The predicted octanol–water partition coefficient (Wildman–Crippen LogP) is 1.15. The Balaban J connectivity index is 1.85. The van der Waals surface area contributed by atoms with Crippen molar-refractivity contribution in [1.29, 1.82) is 0 Å². The van der Waals surface area contributed by atoms with Gasteiger partial charge >= 0.3 is 0 Å². The lowest BCUT2D eigenvalue weighted by Gasteiger charge is -2.08. The van der Waals surface area contributed by atoms with Crippen LogP contribution >= 0.6 is 11.8 Å². The Morgan fingerprint density at radius 3 is 3.07 bits per heavy atom. The van der Waals surface area contributed by atoms with Crippen molar-refractivity contribution in [3.63, 3.8) is 0 Å². The summed E-state index contributed by atoms with van der Waals surface area (Å²) in [5, 5.41) is 1.57. The first-order valence-corrected chi connectivity index (χ1v) is 6.97. The fraction of sp³-hybridized carbons (Fsp3) is 0.625. The van der Waals surface area contributed by atoms with Crippen LogP contribution in [0.5, 0.6) is 0 Å². The van der Waals surface area contributed by atoms with E-state index in [9.17, 15) is 8.42 Å². The van der Waals surface area contributed by atoms with Crippen molar-refractivity contribution >= 4 is 28.0 Å². The molecule has 0 aromatic rings. The minimum absolute atomic E-state index is 0.359. The Bertz CT molecular complexity index is 366. The van der Waals surface area contributed by atoms with Crippen molar-refractivity contribution in [2.45, 2.75) is 18.1 Å². The molecule has 0 radical (unpaired) electrons. The van der Waals surface area contributed by atoms with Gasteiger partial charge in [0, 0.05) is 5.25 Å². The van der Waals surface area contributed by atoms with E-state index in [0.717, 1.165) is 11.8 Å². The number of nitrogens with zero attached hydrogens (tertiary/aromatic N) is 1. The molecule has 2 heterocycles. The zero-order valence-corrected chi connectivity index (χ0v) is 9.18. The van der Waals surface area contributed by atoms with Crippen molar-refractivity contribution in [3.8, 4) is 0 Å². The summed E-state index contributed by atoms with van der Waals surface area (Å²) < 4.78 is 30.4. The average molecular weight is 233 g/mol. The molecule has 0 saturated carbocycles. The molecule has 2 aliphatic heterocycles. The summed E-state index contributed by atoms with van der Waals surface area (Å²) in [4.78, 5) is 0. The molecule has 0 amide bonds. The van der Waals surface area contributed by atoms with E-state index in [2.05, 4.69) is 4.40 Å². The van der Waals surface area contributed by atoms with Gasteiger partial charge in [0.05, 0.1) is 11.6 Å². The monoisotopic (exact) mass is 233 g/mol. The molecule has 14 heavy (non-hydrogen) atoms. The fourth-order valence-electron chi connectivity index (χ4n) is 1.37. The molecule has 0 spiro atoms. The van der Waals surface area contributed by atoms with Gasteiger partial charge in [0.1, 0.15) is 6.61 Å². The zero-order valence-electron chi connectivity index (χ0n) is 7.55. The van der Waals surface area contributed by atoms with E-state index in [4.69, 9.17) is 4.74 Å². The van der Waals surface area contributed by atoms with Crippen LogP contribution in [0, 0.1) is 0 Å². The SMILES string of the molecule is O=S1(=O)C=C(OCC2CCCS2)C=N1. The second-order valence-corrected chi connectivity index (χ2v) is 6.10. The number of sulfonamides is 1. The molecule has 6 heteroatoms. The molecule has 0 aromatic carbocycles. The number of hydrogen-bond donors (Lipinski definition) is 0. The minimum Gasteiger partial charge on any atom is -0.490 e. The quantitative estimate of drug-likeness (QED) is 0.734. The standard InChI is InChI=1S/C8H11NO3S2/c10-14(11)6-7(4-9-14)12-5-8-2-1-3-13-8/h4,6,8H,1-3,5H2. The van der Waals surface area contributed by atoms with E-state index in [1.165, 1.54) is 18.4 Å². The molecule has 1 saturated heterocycles. The van der Waals surface area contributed by atoms with E-state index < -0.39 is 10.0 Å². The molecule has 78 valence electrons. The third-order valence-corrected chi connectivity index (χ3v) is 4.35. The first-order valence-electron chi connectivity index (χ1n) is 4.42. The highest BCUT2D eigenvalue weighted by Crippen LogP contribution is 2.26. The summed E-state index contributed by atoms with van der Waals surface area (Å²) in [6.45, 7) is 0.581. The molecular formula is C8H11NO3S2. The molecule has 1 atom stereocenters. The van der Waals surface area contributed by atoms with Crippen molar-refractivity contribution in [2.75, 3.05) is 12.4 Å². The Morgan fingerprint density at radius 1 is 1.64 bits per heavy atom. The van der Waals surface area contributed by atoms with E-state index in [1.807, 2.05) is 11.8 Å². The van der Waals surface area contributed by atoms with E-state index in [1.54, 1.807) is 0 Å². The van der Waals surface area contributed by atoms with Gasteiger partial charge in [-0.15, -0.1) is 0 Å². The highest BCUT2D eigenvalue weighted by molar-refractivity contribution is 8.00. The number of rotatable bonds is 3. The number of thioether (sulfide) groups is 1. The molecule has 0 aliphatic carbocycles. The first-order chi connectivity index (χ1) is 6.66. The van der Waals surface area contributed by atoms with Gasteiger partial charge in [-0.25, -0.2) is 0 Å². The summed E-state index contributed by atoms with van der Waals surface area (Å²) in [5.41, 5.74) is 0. The van der Waals surface area contributed by atoms with Crippen LogP contribution in [0.3, 0.4) is 0 Å². The molecular weight excluding hydrogens is 222 g/mol. The Kier molecular flexibility index (Phi) is 2.83. The third kappa shape index (κ3) is 2.51. The second kappa shape index (κ2) is 3.94. The largest absolute Gasteiger partial charge is 0.490 e. The van der Waals surface area contributed by atoms with Crippen molar-refractivity contribution in [1.82, 2.24) is 0 Å². The van der Waals surface area contributed by atoms with Crippen LogP contribution in [-0.2, 0) is 14.8 Å². The normalized spacial score (nSPS) is 29.1. The van der Waals surface area contributed by atoms with Crippen molar-refractivity contribution < 1.29 is 13.2 Å². The molecule has 0 bridgehead atoms. The predicted molar refractivity (Wildman–Crippen MR) is 56.9 cm³/mol. The van der Waals surface area contributed by atoms with Crippen LogP contribution in [0.1, 0.15) is 12.8 Å². The summed E-state index contributed by atoms with van der Waals surface area (Å²) in [5.74, 6) is 1.54. The molecule has 2 aliphatic rings. The Morgan fingerprint density at radius 2 is 2.50 bits per heavy atom. The van der Waals surface area contributed by atoms with Crippen molar-refractivity contribution in [3.05, 3.63) is 11.2 Å². The lowest BCUT2D eigenvalue weighted by Crippen LogP contribution is -2.07. The Labute approximate surface area is 87.5 Å². The summed E-state index contributed by atoms with van der Waals surface area (Å²) in [6, 6.07) is 0. The van der Waals surface area contributed by atoms with Gasteiger partial charge in [0.25, 0.3) is 10.0 Å². The smallest absolute Gasteiger partial charge is 0.279 e. The van der Waals surface area contributed by atoms with Crippen LogP contribution in [0.25, 0.3) is 0 Å². The first kappa shape index (κ1) is 10.0. The summed E-state index contributed by atoms with van der Waals surface area (Å²) in [7, 11) is -3.37. The average Bonchev–Trinajstić information content (AvgIpc) is 2.70. The van der Waals surface area contributed by atoms with Crippen molar-refractivity contribution in [2.24, 2.45) is 4.40 Å². The topological polar surface area (TPSA) is 55.7 Å². The summed E-state index contributed by atoms with van der Waals surface area (Å²) in [6.07, 6.45) is 3.64. The van der Waals surface area contributed by atoms with Gasteiger partial charge in [-0.3, -0.25) is 0 Å². The van der Waals surface area contributed by atoms with E-state index in [-0.39, 0.29) is 0 Å². The summed E-state index contributed by atoms with van der Waals surface area (Å²) >= 11 is 1.88. The molecule has 4 nitrogen and oxygen atoms in total. The van der Waals surface area contributed by atoms with Gasteiger partial charge in [0.2, 0.25) is 0 Å². The lowest BCUT2D eigenvalue weighted by molar-refractivity contribution is 0.233. The van der Waals surface area contributed by atoms with Crippen LogP contribution in [-0.4, -0.2) is 32.2 Å². The van der Waals surface area contributed by atoms with Crippen LogP contribution in [0.2, 0.25) is 0 Å². The molecule has 1 fully saturated rings. The second-order valence-electron chi connectivity index (χ2n) is 3.22. The van der Waals surface area contributed by atoms with Gasteiger partial charge in [0.15, 0.2) is 5.76 Å². The lowest BCUT2D eigenvalue weighted by atomic mass is 10.3. The maximum absolute atomic E-state index is 10.9. The molecule has 1 unspecified atom stereocenters. The maximum Gasteiger partial charge on any atom is 0.279 e. The minimum atomic E-state index is -3.37. The maximum atomic E-state index is 10.9. The van der Waals surface area contributed by atoms with E-state index in [0.29, 0.717) is 17.6 Å². The third-order valence-electron chi connectivity index (χ3n) is 2.05. The van der Waals surface area contributed by atoms with Gasteiger partial charge < -0.3 is 4.74 Å². The number of allylic oxidation sites excluding steroid dienone is 1. The van der Waals surface area contributed by atoms with Crippen LogP contribution < -0.4 is 0 Å². The van der Waals surface area contributed by atoms with Gasteiger partial charge in [-0.05, 0) is 18.6 Å². The molecule has 2 rings (SSSR count). The fourth-order valence-corrected chi connectivity index (χ4v) is 3.27. The molecule has 0 N–H and O–H groups in total. The number of ether oxygens (including phenoxy) is 1. The van der Waals surface area contributed by atoms with Gasteiger partial charge in [-0.1, -0.05) is 0 Å². The number of hydrogen-bond acceptors (Lipinski definition) is 4.